The van der Waals surface area contributed by atoms with Gasteiger partial charge in [-0.05, 0) is 38.5 Å². The molecule has 1 aromatic carbocycles. The fraction of sp³-hybridized carbons (Fsp3) is 0.452. The number of hydrogen-bond donors (Lipinski definition) is 2. The number of carbonyl (C=O) groups is 3. The highest BCUT2D eigenvalue weighted by Crippen LogP contribution is 2.46. The smallest absolute Gasteiger partial charge is 0.330 e. The molecule has 5 unspecified atom stereocenters. The zero-order valence-electron chi connectivity index (χ0n) is 23.6. The van der Waals surface area contributed by atoms with Gasteiger partial charge in [-0.25, -0.2) is 4.79 Å². The Balaban J connectivity index is 1.55. The van der Waals surface area contributed by atoms with Gasteiger partial charge in [-0.3, -0.25) is 9.59 Å². The van der Waals surface area contributed by atoms with Crippen molar-refractivity contribution in [2.75, 3.05) is 20.7 Å². The van der Waals surface area contributed by atoms with E-state index < -0.39 is 35.4 Å². The Morgan fingerprint density at radius 3 is 2.46 bits per heavy atom. The van der Waals surface area contributed by atoms with Gasteiger partial charge in [0, 0.05) is 25.1 Å². The van der Waals surface area contributed by atoms with E-state index >= 15 is 0 Å². The van der Waals surface area contributed by atoms with Crippen molar-refractivity contribution in [1.82, 2.24) is 20.2 Å². The molecule has 0 saturated heterocycles. The van der Waals surface area contributed by atoms with Crippen LogP contribution in [0.15, 0.2) is 61.7 Å². The molecule has 0 bridgehead atoms. The molecular formula is C31H38N4O6. The number of carbonyl (C=O) groups excluding carboxylic acids is 2. The van der Waals surface area contributed by atoms with E-state index in [0.29, 0.717) is 18.2 Å². The van der Waals surface area contributed by atoms with Crippen molar-refractivity contribution in [3.63, 3.8) is 0 Å². The van der Waals surface area contributed by atoms with E-state index in [-0.39, 0.29) is 37.0 Å². The number of nitrogens with one attached hydrogen (secondary N) is 1. The monoisotopic (exact) mass is 562 g/mol. The van der Waals surface area contributed by atoms with Crippen molar-refractivity contribution in [2.45, 2.75) is 50.2 Å². The predicted octanol–water partition coefficient (Wildman–Crippen LogP) is 3.89. The molecule has 0 radical (unpaired) electrons. The second-order valence-electron chi connectivity index (χ2n) is 10.7. The van der Waals surface area contributed by atoms with E-state index in [4.69, 9.17) is 9.47 Å². The third kappa shape index (κ3) is 6.75. The second kappa shape index (κ2) is 13.0. The largest absolute Gasteiger partial charge is 0.481 e. The minimum absolute atomic E-state index is 0.166. The van der Waals surface area contributed by atoms with Crippen molar-refractivity contribution in [2.24, 2.45) is 17.8 Å². The lowest BCUT2D eigenvalue weighted by Crippen LogP contribution is -2.49. The van der Waals surface area contributed by atoms with Gasteiger partial charge in [-0.1, -0.05) is 42.5 Å². The molecule has 2 saturated carbocycles. The number of methoxy groups -OCH3 is 1. The maximum absolute atomic E-state index is 13.6. The molecular weight excluding hydrogens is 524 g/mol. The summed E-state index contributed by atoms with van der Waals surface area (Å²) in [6.45, 7) is 7.97. The number of aliphatic carboxylic acids is 1. The maximum atomic E-state index is 13.6. The molecule has 1 heterocycles. The average Bonchev–Trinajstić information content (AvgIpc) is 3.55. The first-order chi connectivity index (χ1) is 19.7. The Kier molecular flexibility index (Phi) is 9.42. The van der Waals surface area contributed by atoms with Crippen LogP contribution in [0, 0.1) is 17.8 Å². The Labute approximate surface area is 240 Å². The number of nitrogens with zero attached hydrogens (tertiary/aromatic N) is 3. The van der Waals surface area contributed by atoms with Crippen molar-refractivity contribution < 1.29 is 29.0 Å². The van der Waals surface area contributed by atoms with Gasteiger partial charge in [0.15, 0.2) is 5.82 Å². The average molecular weight is 563 g/mol. The summed E-state index contributed by atoms with van der Waals surface area (Å²) in [5.41, 5.74) is -0.599. The van der Waals surface area contributed by atoms with Crippen LogP contribution in [0.4, 0.5) is 0 Å². The van der Waals surface area contributed by atoms with Crippen LogP contribution in [0.5, 0.6) is 11.8 Å². The summed E-state index contributed by atoms with van der Waals surface area (Å²) in [6.07, 6.45) is 6.25. The van der Waals surface area contributed by atoms with Crippen molar-refractivity contribution in [3.05, 3.63) is 61.7 Å². The summed E-state index contributed by atoms with van der Waals surface area (Å²) in [7, 11) is 3.23. The van der Waals surface area contributed by atoms with Crippen LogP contribution >= 0.6 is 0 Å². The van der Waals surface area contributed by atoms with Gasteiger partial charge in [0.05, 0.1) is 25.0 Å². The molecule has 2 aliphatic rings. The second-order valence-corrected chi connectivity index (χ2v) is 10.7. The zero-order chi connectivity index (χ0) is 29.6. The van der Waals surface area contributed by atoms with Crippen LogP contribution in [-0.2, 0) is 14.4 Å². The van der Waals surface area contributed by atoms with E-state index in [1.54, 1.807) is 24.1 Å². The SMILES string of the molecule is C=CCCCCN(C)C(=O)C1CC(Oc2cc(OC)nc(-c3ccccc3)n2)CC1C(=O)NC1(C(=O)O)CC1C=C. The van der Waals surface area contributed by atoms with Gasteiger partial charge in [0.1, 0.15) is 11.6 Å². The first-order valence-corrected chi connectivity index (χ1v) is 13.9. The van der Waals surface area contributed by atoms with Crippen molar-refractivity contribution >= 4 is 17.8 Å². The number of benzene rings is 1. The number of amides is 2. The first-order valence-electron chi connectivity index (χ1n) is 13.9. The number of carboxylic acids is 1. The number of rotatable bonds is 14. The fourth-order valence-electron chi connectivity index (χ4n) is 5.47. The van der Waals surface area contributed by atoms with Crippen LogP contribution in [0.2, 0.25) is 0 Å². The molecule has 5 atom stereocenters. The number of hydrogen-bond acceptors (Lipinski definition) is 7. The van der Waals surface area contributed by atoms with E-state index in [9.17, 15) is 19.5 Å². The van der Waals surface area contributed by atoms with Crippen LogP contribution in [0.3, 0.4) is 0 Å². The Morgan fingerprint density at radius 2 is 1.83 bits per heavy atom. The van der Waals surface area contributed by atoms with Crippen molar-refractivity contribution in [1.29, 1.82) is 0 Å². The summed E-state index contributed by atoms with van der Waals surface area (Å²) >= 11 is 0. The molecule has 218 valence electrons. The van der Waals surface area contributed by atoms with Gasteiger partial charge in [0.2, 0.25) is 23.6 Å². The Bertz CT molecular complexity index is 1280. The third-order valence-corrected chi connectivity index (χ3v) is 7.94. The molecule has 2 aromatic rings. The molecule has 10 heteroatoms. The molecule has 0 aliphatic heterocycles. The quantitative estimate of drug-likeness (QED) is 0.262. The van der Waals surface area contributed by atoms with E-state index in [0.717, 1.165) is 24.8 Å². The number of carboxylic acid groups (broad SMARTS) is 1. The molecule has 10 nitrogen and oxygen atoms in total. The van der Waals surface area contributed by atoms with Gasteiger partial charge in [0.25, 0.3) is 0 Å². The molecule has 41 heavy (non-hydrogen) atoms. The van der Waals surface area contributed by atoms with E-state index in [1.807, 2.05) is 36.4 Å². The summed E-state index contributed by atoms with van der Waals surface area (Å²) < 4.78 is 11.6. The molecule has 2 N–H and O–H groups in total. The predicted molar refractivity (Wildman–Crippen MR) is 153 cm³/mol. The molecule has 4 rings (SSSR count). The molecule has 2 fully saturated rings. The standard InChI is InChI=1S/C31H38N4O6/c1-5-7-8-12-15-35(3)29(37)24-17-22(16-23(24)28(36)34-31(30(38)39)19-21(31)6-2)41-26-18-25(40-4)32-27(33-26)20-13-10-9-11-14-20/h5-6,9-11,13-14,18,21-24H,1-2,7-8,12,15-17,19H2,3-4H3,(H,34,36)(H,38,39). The topological polar surface area (TPSA) is 131 Å². The highest BCUT2D eigenvalue weighted by Gasteiger charge is 2.61. The zero-order valence-corrected chi connectivity index (χ0v) is 23.6. The maximum Gasteiger partial charge on any atom is 0.330 e. The molecule has 2 aliphatic carbocycles. The Morgan fingerprint density at radius 1 is 1.12 bits per heavy atom. The van der Waals surface area contributed by atoms with Crippen LogP contribution < -0.4 is 14.8 Å². The van der Waals surface area contributed by atoms with E-state index in [1.165, 1.54) is 7.11 Å². The number of aromatic nitrogens is 2. The lowest BCUT2D eigenvalue weighted by atomic mass is 9.93. The van der Waals surface area contributed by atoms with E-state index in [2.05, 4.69) is 28.4 Å². The van der Waals surface area contributed by atoms with Crippen LogP contribution in [0.1, 0.15) is 38.5 Å². The van der Waals surface area contributed by atoms with Gasteiger partial charge < -0.3 is 24.8 Å². The van der Waals surface area contributed by atoms with Crippen molar-refractivity contribution in [3.8, 4) is 23.1 Å². The molecule has 1 aromatic heterocycles. The van der Waals surface area contributed by atoms with Crippen LogP contribution in [-0.4, -0.2) is 70.1 Å². The summed E-state index contributed by atoms with van der Waals surface area (Å²) in [5, 5.41) is 12.6. The molecule has 2 amide bonds. The summed E-state index contributed by atoms with van der Waals surface area (Å²) in [4.78, 5) is 49.8. The minimum Gasteiger partial charge on any atom is -0.481 e. The van der Waals surface area contributed by atoms with Gasteiger partial charge in [-0.2, -0.15) is 9.97 Å². The van der Waals surface area contributed by atoms with Gasteiger partial charge >= 0.3 is 5.97 Å². The third-order valence-electron chi connectivity index (χ3n) is 7.94. The van der Waals surface area contributed by atoms with Crippen LogP contribution in [0.25, 0.3) is 11.4 Å². The summed E-state index contributed by atoms with van der Waals surface area (Å²) in [6, 6.07) is 11.0. The first kappa shape index (κ1) is 29.8. The highest BCUT2D eigenvalue weighted by atomic mass is 16.5. The number of ether oxygens (including phenoxy) is 2. The highest BCUT2D eigenvalue weighted by molar-refractivity contribution is 5.94. The normalized spacial score (nSPS) is 24.6. The lowest BCUT2D eigenvalue weighted by molar-refractivity contribution is -0.145. The number of allylic oxidation sites excluding steroid dienone is 1. The minimum atomic E-state index is -1.38. The Hall–Kier alpha value is -4.21. The fourth-order valence-corrected chi connectivity index (χ4v) is 5.47. The summed E-state index contributed by atoms with van der Waals surface area (Å²) in [5.74, 6) is -2.52. The lowest BCUT2D eigenvalue weighted by Gasteiger charge is -2.25. The number of unbranched alkanes of at least 4 members (excludes halogenated alkanes) is 2. The van der Waals surface area contributed by atoms with Gasteiger partial charge in [-0.15, -0.1) is 13.2 Å². The molecule has 0 spiro atoms.